The van der Waals surface area contributed by atoms with Gasteiger partial charge in [0.1, 0.15) is 0 Å². The van der Waals surface area contributed by atoms with Crippen LogP contribution in [-0.4, -0.2) is 27.4 Å². The quantitative estimate of drug-likeness (QED) is 0.598. The van der Waals surface area contributed by atoms with Crippen molar-refractivity contribution >= 4 is 33.2 Å². The lowest BCUT2D eigenvalue weighted by atomic mass is 10.0. The van der Waals surface area contributed by atoms with Gasteiger partial charge in [-0.1, -0.05) is 41.9 Å². The smallest absolute Gasteiger partial charge is 0.258 e. The van der Waals surface area contributed by atoms with E-state index in [1.807, 2.05) is 30.3 Å². The Labute approximate surface area is 187 Å². The molecule has 1 amide bonds. The monoisotopic (exact) mass is 454 g/mol. The molecule has 1 aliphatic rings. The van der Waals surface area contributed by atoms with E-state index in [0.29, 0.717) is 30.1 Å². The second-order valence-corrected chi connectivity index (χ2v) is 9.69. The van der Waals surface area contributed by atoms with Gasteiger partial charge in [-0.2, -0.15) is 0 Å². The van der Waals surface area contributed by atoms with Crippen LogP contribution in [0.5, 0.6) is 0 Å². The molecule has 1 heterocycles. The molecule has 0 saturated heterocycles. The van der Waals surface area contributed by atoms with Crippen molar-refractivity contribution < 1.29 is 13.2 Å². The van der Waals surface area contributed by atoms with Crippen LogP contribution in [0, 0.1) is 0 Å². The summed E-state index contributed by atoms with van der Waals surface area (Å²) >= 11 is 5.93. The third kappa shape index (κ3) is 4.98. The van der Waals surface area contributed by atoms with Crippen molar-refractivity contribution in [3.05, 3.63) is 94.5 Å². The number of fused-ring (bicyclic) bond motifs is 1. The summed E-state index contributed by atoms with van der Waals surface area (Å²) in [5, 5.41) is 0.574. The number of amides is 1. The molecular formula is C24H23ClN2O3S. The van der Waals surface area contributed by atoms with Gasteiger partial charge in [-0.25, -0.2) is 13.1 Å². The molecule has 0 radical (unpaired) electrons. The van der Waals surface area contributed by atoms with Gasteiger partial charge in [0.2, 0.25) is 10.0 Å². The number of rotatable bonds is 6. The molecule has 0 aliphatic carbocycles. The molecule has 0 fully saturated rings. The summed E-state index contributed by atoms with van der Waals surface area (Å²) in [5.41, 5.74) is 3.25. The number of carbonyl (C=O) groups excluding carboxylic acids is 1. The zero-order valence-corrected chi connectivity index (χ0v) is 18.5. The van der Waals surface area contributed by atoms with Crippen molar-refractivity contribution in [2.24, 2.45) is 0 Å². The molecule has 3 aromatic carbocycles. The fraction of sp³-hybridized carbons (Fsp3) is 0.208. The van der Waals surface area contributed by atoms with E-state index in [-0.39, 0.29) is 10.8 Å². The molecule has 160 valence electrons. The Morgan fingerprint density at radius 3 is 2.48 bits per heavy atom. The highest BCUT2D eigenvalue weighted by molar-refractivity contribution is 7.89. The van der Waals surface area contributed by atoms with Crippen LogP contribution in [0.4, 0.5) is 5.69 Å². The van der Waals surface area contributed by atoms with Crippen LogP contribution in [0.3, 0.4) is 0 Å². The Balaban J connectivity index is 1.51. The Morgan fingerprint density at radius 2 is 1.74 bits per heavy atom. The number of nitrogens with zero attached hydrogens (tertiary/aromatic N) is 1. The molecule has 5 nitrogen and oxygen atoms in total. The SMILES string of the molecule is O=C(c1ccc(Cl)cc1)N1CCCc2cc(S(=O)(=O)NCCc3ccccc3)ccc21. The summed E-state index contributed by atoms with van der Waals surface area (Å²) in [6.45, 7) is 0.917. The minimum Gasteiger partial charge on any atom is -0.308 e. The number of sulfonamides is 1. The maximum atomic E-state index is 13.0. The number of aryl methyl sites for hydroxylation is 1. The van der Waals surface area contributed by atoms with Gasteiger partial charge in [0, 0.05) is 29.4 Å². The van der Waals surface area contributed by atoms with E-state index in [1.165, 1.54) is 0 Å². The van der Waals surface area contributed by atoms with E-state index in [9.17, 15) is 13.2 Å². The summed E-state index contributed by atoms with van der Waals surface area (Å²) in [7, 11) is -3.63. The van der Waals surface area contributed by atoms with Crippen molar-refractivity contribution in [2.45, 2.75) is 24.2 Å². The largest absolute Gasteiger partial charge is 0.308 e. The summed E-state index contributed by atoms with van der Waals surface area (Å²) in [6.07, 6.45) is 2.12. The molecule has 0 spiro atoms. The van der Waals surface area contributed by atoms with Crippen LogP contribution >= 0.6 is 11.6 Å². The van der Waals surface area contributed by atoms with Crippen molar-refractivity contribution in [1.29, 1.82) is 0 Å². The number of hydrogen-bond acceptors (Lipinski definition) is 3. The second kappa shape index (κ2) is 9.22. The molecule has 3 aromatic rings. The lowest BCUT2D eigenvalue weighted by Gasteiger charge is -2.30. The zero-order valence-electron chi connectivity index (χ0n) is 16.9. The zero-order chi connectivity index (χ0) is 21.8. The van der Waals surface area contributed by atoms with Gasteiger partial charge in [0.05, 0.1) is 4.90 Å². The van der Waals surface area contributed by atoms with E-state index >= 15 is 0 Å². The van der Waals surface area contributed by atoms with E-state index in [4.69, 9.17) is 11.6 Å². The first-order chi connectivity index (χ1) is 14.9. The van der Waals surface area contributed by atoms with Crippen molar-refractivity contribution in [2.75, 3.05) is 18.0 Å². The Bertz CT molecular complexity index is 1180. The van der Waals surface area contributed by atoms with Crippen LogP contribution in [0.15, 0.2) is 77.7 Å². The summed E-state index contributed by atoms with van der Waals surface area (Å²) in [4.78, 5) is 14.9. The van der Waals surface area contributed by atoms with Gasteiger partial charge < -0.3 is 4.90 Å². The molecule has 0 aromatic heterocycles. The molecule has 0 atom stereocenters. The van der Waals surface area contributed by atoms with Gasteiger partial charge >= 0.3 is 0 Å². The molecule has 1 N–H and O–H groups in total. The molecule has 0 bridgehead atoms. The lowest BCUT2D eigenvalue weighted by Crippen LogP contribution is -2.35. The fourth-order valence-corrected chi connectivity index (χ4v) is 4.97. The summed E-state index contributed by atoms with van der Waals surface area (Å²) in [5.74, 6) is -0.116. The molecule has 0 unspecified atom stereocenters. The average molecular weight is 455 g/mol. The summed E-state index contributed by atoms with van der Waals surface area (Å²) < 4.78 is 28.2. The Kier molecular flexibility index (Phi) is 6.41. The number of anilines is 1. The van der Waals surface area contributed by atoms with Gasteiger partial charge in [0.15, 0.2) is 0 Å². The predicted molar refractivity (Wildman–Crippen MR) is 123 cm³/mol. The van der Waals surface area contributed by atoms with Crippen molar-refractivity contribution in [1.82, 2.24) is 4.72 Å². The fourth-order valence-electron chi connectivity index (χ4n) is 3.76. The maximum Gasteiger partial charge on any atom is 0.258 e. The Hall–Kier alpha value is -2.67. The maximum absolute atomic E-state index is 13.0. The number of carbonyl (C=O) groups is 1. The molecular weight excluding hydrogens is 432 g/mol. The van der Waals surface area contributed by atoms with Crippen LogP contribution < -0.4 is 9.62 Å². The van der Waals surface area contributed by atoms with Gasteiger partial charge in [-0.15, -0.1) is 0 Å². The molecule has 7 heteroatoms. The number of halogens is 1. The molecule has 4 rings (SSSR count). The predicted octanol–water partition coefficient (Wildman–Crippen LogP) is 4.45. The van der Waals surface area contributed by atoms with Crippen LogP contribution in [-0.2, 0) is 22.9 Å². The number of hydrogen-bond donors (Lipinski definition) is 1. The van der Waals surface area contributed by atoms with E-state index < -0.39 is 10.0 Å². The normalized spacial score (nSPS) is 13.6. The van der Waals surface area contributed by atoms with Crippen LogP contribution in [0.25, 0.3) is 0 Å². The van der Waals surface area contributed by atoms with Crippen molar-refractivity contribution in [3.63, 3.8) is 0 Å². The second-order valence-electron chi connectivity index (χ2n) is 7.49. The van der Waals surface area contributed by atoms with Crippen molar-refractivity contribution in [3.8, 4) is 0 Å². The highest BCUT2D eigenvalue weighted by Crippen LogP contribution is 2.30. The van der Waals surface area contributed by atoms with E-state index in [1.54, 1.807) is 47.4 Å². The third-order valence-corrected chi connectivity index (χ3v) is 7.08. The van der Waals surface area contributed by atoms with Crippen LogP contribution in [0.2, 0.25) is 5.02 Å². The average Bonchev–Trinajstić information content (AvgIpc) is 2.79. The van der Waals surface area contributed by atoms with Gasteiger partial charge in [-0.05, 0) is 72.9 Å². The van der Waals surface area contributed by atoms with E-state index in [0.717, 1.165) is 29.7 Å². The number of nitrogens with one attached hydrogen (secondary N) is 1. The minimum absolute atomic E-state index is 0.116. The first kappa shape index (κ1) is 21.6. The third-order valence-electron chi connectivity index (χ3n) is 5.36. The van der Waals surface area contributed by atoms with Gasteiger partial charge in [0.25, 0.3) is 5.91 Å². The standard InChI is InChI=1S/C24H23ClN2O3S/c25-21-10-8-19(9-11-21)24(28)27-16-4-7-20-17-22(12-13-23(20)27)31(29,30)26-15-14-18-5-2-1-3-6-18/h1-3,5-6,8-13,17,26H,4,7,14-16H2. The molecule has 1 aliphatic heterocycles. The molecule has 0 saturated carbocycles. The number of benzene rings is 3. The summed E-state index contributed by atoms with van der Waals surface area (Å²) in [6, 6.07) is 21.5. The highest BCUT2D eigenvalue weighted by Gasteiger charge is 2.25. The minimum atomic E-state index is -3.63. The highest BCUT2D eigenvalue weighted by atomic mass is 35.5. The van der Waals surface area contributed by atoms with Gasteiger partial charge in [-0.3, -0.25) is 4.79 Å². The van der Waals surface area contributed by atoms with Crippen LogP contribution in [0.1, 0.15) is 27.9 Å². The van der Waals surface area contributed by atoms with E-state index in [2.05, 4.69) is 4.72 Å². The lowest BCUT2D eigenvalue weighted by molar-refractivity contribution is 0.0985. The Morgan fingerprint density at radius 1 is 1.00 bits per heavy atom. The molecule has 31 heavy (non-hydrogen) atoms. The first-order valence-corrected chi connectivity index (χ1v) is 12.0. The topological polar surface area (TPSA) is 66.5 Å². The first-order valence-electron chi connectivity index (χ1n) is 10.2.